The molecule has 0 bridgehead atoms. The molecular formula is C18H19N5O2S2. The van der Waals surface area contributed by atoms with E-state index in [9.17, 15) is 9.59 Å². The second-order valence-electron chi connectivity index (χ2n) is 5.83. The first kappa shape index (κ1) is 19.1. The lowest BCUT2D eigenvalue weighted by molar-refractivity contribution is -0.127. The van der Waals surface area contributed by atoms with Crippen molar-refractivity contribution in [2.24, 2.45) is 0 Å². The SMILES string of the molecule is CC(=O)Nc1cccc(-n2cnnc2SCC(=O)N(C)Cc2cccs2)c1. The zero-order valence-corrected chi connectivity index (χ0v) is 16.6. The molecule has 3 rings (SSSR count). The molecule has 1 aromatic carbocycles. The molecule has 0 aliphatic rings. The molecule has 0 saturated carbocycles. The Morgan fingerprint density at radius 3 is 2.89 bits per heavy atom. The summed E-state index contributed by atoms with van der Waals surface area (Å²) in [5, 5.41) is 13.4. The number of thioether (sulfide) groups is 1. The van der Waals surface area contributed by atoms with Gasteiger partial charge < -0.3 is 10.2 Å². The Morgan fingerprint density at radius 2 is 2.15 bits per heavy atom. The van der Waals surface area contributed by atoms with Gasteiger partial charge in [0.25, 0.3) is 0 Å². The molecule has 2 heterocycles. The molecule has 9 heteroatoms. The van der Waals surface area contributed by atoms with Gasteiger partial charge in [0.05, 0.1) is 18.0 Å². The first-order valence-electron chi connectivity index (χ1n) is 8.20. The Bertz CT molecular complexity index is 923. The summed E-state index contributed by atoms with van der Waals surface area (Å²) >= 11 is 2.96. The van der Waals surface area contributed by atoms with E-state index in [2.05, 4.69) is 15.5 Å². The number of carbonyl (C=O) groups excluding carboxylic acids is 2. The maximum absolute atomic E-state index is 12.4. The van der Waals surface area contributed by atoms with E-state index in [1.54, 1.807) is 34.2 Å². The van der Waals surface area contributed by atoms with Crippen LogP contribution in [0.3, 0.4) is 0 Å². The average molecular weight is 402 g/mol. The molecule has 0 saturated heterocycles. The first-order chi connectivity index (χ1) is 13.0. The van der Waals surface area contributed by atoms with Crippen LogP contribution in [-0.2, 0) is 16.1 Å². The van der Waals surface area contributed by atoms with Gasteiger partial charge in [-0.15, -0.1) is 21.5 Å². The topological polar surface area (TPSA) is 80.1 Å². The lowest BCUT2D eigenvalue weighted by Gasteiger charge is -2.16. The number of hydrogen-bond acceptors (Lipinski definition) is 6. The second-order valence-corrected chi connectivity index (χ2v) is 7.81. The van der Waals surface area contributed by atoms with Gasteiger partial charge in [0.15, 0.2) is 5.16 Å². The van der Waals surface area contributed by atoms with Gasteiger partial charge in [0.1, 0.15) is 6.33 Å². The molecule has 27 heavy (non-hydrogen) atoms. The van der Waals surface area contributed by atoms with Crippen molar-refractivity contribution in [2.75, 3.05) is 18.1 Å². The number of nitrogens with one attached hydrogen (secondary N) is 1. The molecule has 0 spiro atoms. The Morgan fingerprint density at radius 1 is 1.30 bits per heavy atom. The van der Waals surface area contributed by atoms with Gasteiger partial charge in [-0.3, -0.25) is 14.2 Å². The lowest BCUT2D eigenvalue weighted by Crippen LogP contribution is -2.27. The zero-order valence-electron chi connectivity index (χ0n) is 15.0. The van der Waals surface area contributed by atoms with Gasteiger partial charge in [-0.05, 0) is 29.6 Å². The highest BCUT2D eigenvalue weighted by atomic mass is 32.2. The van der Waals surface area contributed by atoms with Crippen molar-refractivity contribution >= 4 is 40.6 Å². The summed E-state index contributed by atoms with van der Waals surface area (Å²) in [6.45, 7) is 2.06. The van der Waals surface area contributed by atoms with E-state index < -0.39 is 0 Å². The van der Waals surface area contributed by atoms with E-state index in [1.165, 1.54) is 18.7 Å². The Labute approximate surface area is 165 Å². The van der Waals surface area contributed by atoms with E-state index in [0.29, 0.717) is 17.4 Å². The highest BCUT2D eigenvalue weighted by Crippen LogP contribution is 2.22. The van der Waals surface area contributed by atoms with E-state index in [0.717, 1.165) is 10.6 Å². The molecule has 140 valence electrons. The molecule has 0 aliphatic heterocycles. The number of hydrogen-bond donors (Lipinski definition) is 1. The molecule has 7 nitrogen and oxygen atoms in total. The second kappa shape index (κ2) is 8.83. The monoisotopic (exact) mass is 401 g/mol. The van der Waals surface area contributed by atoms with E-state index >= 15 is 0 Å². The van der Waals surface area contributed by atoms with Crippen molar-refractivity contribution < 1.29 is 9.59 Å². The normalized spacial score (nSPS) is 10.6. The summed E-state index contributed by atoms with van der Waals surface area (Å²) in [6.07, 6.45) is 1.59. The van der Waals surface area contributed by atoms with Crippen LogP contribution in [0.25, 0.3) is 5.69 Å². The summed E-state index contributed by atoms with van der Waals surface area (Å²) in [6, 6.07) is 11.4. The number of thiophene rings is 1. The smallest absolute Gasteiger partial charge is 0.233 e. The van der Waals surface area contributed by atoms with Crippen LogP contribution in [0.1, 0.15) is 11.8 Å². The van der Waals surface area contributed by atoms with Crippen molar-refractivity contribution in [2.45, 2.75) is 18.6 Å². The molecule has 3 aromatic rings. The van der Waals surface area contributed by atoms with E-state index in [4.69, 9.17) is 0 Å². The van der Waals surface area contributed by atoms with E-state index in [-0.39, 0.29) is 17.6 Å². The molecule has 0 aliphatic carbocycles. The van der Waals surface area contributed by atoms with Crippen molar-refractivity contribution in [1.29, 1.82) is 0 Å². The maximum atomic E-state index is 12.4. The van der Waals surface area contributed by atoms with Gasteiger partial charge in [-0.25, -0.2) is 0 Å². The number of amides is 2. The number of rotatable bonds is 7. The lowest BCUT2D eigenvalue weighted by atomic mass is 10.2. The van der Waals surface area contributed by atoms with Gasteiger partial charge in [0, 0.05) is 24.5 Å². The van der Waals surface area contributed by atoms with Crippen LogP contribution in [0, 0.1) is 0 Å². The molecule has 0 radical (unpaired) electrons. The number of carbonyl (C=O) groups is 2. The minimum absolute atomic E-state index is 0.0231. The highest BCUT2D eigenvalue weighted by Gasteiger charge is 2.14. The summed E-state index contributed by atoms with van der Waals surface area (Å²) in [5.74, 6) is 0.159. The third kappa shape index (κ3) is 5.18. The predicted octanol–water partition coefficient (Wildman–Crippen LogP) is 3.04. The summed E-state index contributed by atoms with van der Waals surface area (Å²) in [7, 11) is 1.80. The van der Waals surface area contributed by atoms with Crippen LogP contribution >= 0.6 is 23.1 Å². The van der Waals surface area contributed by atoms with Crippen molar-refractivity contribution in [3.63, 3.8) is 0 Å². The fourth-order valence-electron chi connectivity index (χ4n) is 2.40. The predicted molar refractivity (Wildman–Crippen MR) is 107 cm³/mol. The minimum Gasteiger partial charge on any atom is -0.340 e. The Kier molecular flexibility index (Phi) is 6.25. The molecule has 2 aromatic heterocycles. The maximum Gasteiger partial charge on any atom is 0.233 e. The molecule has 0 atom stereocenters. The van der Waals surface area contributed by atoms with Crippen LogP contribution in [-0.4, -0.2) is 44.3 Å². The van der Waals surface area contributed by atoms with Crippen molar-refractivity contribution in [1.82, 2.24) is 19.7 Å². The molecule has 0 unspecified atom stereocenters. The fraction of sp³-hybridized carbons (Fsp3) is 0.222. The van der Waals surface area contributed by atoms with Crippen LogP contribution in [0.2, 0.25) is 0 Å². The van der Waals surface area contributed by atoms with E-state index in [1.807, 2.05) is 41.8 Å². The van der Waals surface area contributed by atoms with Crippen LogP contribution in [0.15, 0.2) is 53.3 Å². The van der Waals surface area contributed by atoms with Gasteiger partial charge in [-0.2, -0.15) is 0 Å². The van der Waals surface area contributed by atoms with Crippen molar-refractivity contribution in [3.05, 3.63) is 53.0 Å². The summed E-state index contributed by atoms with van der Waals surface area (Å²) < 4.78 is 1.79. The van der Waals surface area contributed by atoms with Crippen molar-refractivity contribution in [3.8, 4) is 5.69 Å². The zero-order chi connectivity index (χ0) is 19.2. The molecule has 1 N–H and O–H groups in total. The molecular weight excluding hydrogens is 382 g/mol. The first-order valence-corrected chi connectivity index (χ1v) is 10.1. The molecule has 2 amide bonds. The van der Waals surface area contributed by atoms with Gasteiger partial charge >= 0.3 is 0 Å². The highest BCUT2D eigenvalue weighted by molar-refractivity contribution is 7.99. The Hall–Kier alpha value is -2.65. The third-order valence-corrected chi connectivity index (χ3v) is 5.47. The Balaban J connectivity index is 1.65. The fourth-order valence-corrected chi connectivity index (χ4v) is 4.02. The van der Waals surface area contributed by atoms with Gasteiger partial charge in [-0.1, -0.05) is 23.9 Å². The average Bonchev–Trinajstić information content (AvgIpc) is 3.30. The number of anilines is 1. The summed E-state index contributed by atoms with van der Waals surface area (Å²) in [5.41, 5.74) is 1.50. The largest absolute Gasteiger partial charge is 0.340 e. The number of aromatic nitrogens is 3. The van der Waals surface area contributed by atoms with Crippen LogP contribution in [0.4, 0.5) is 5.69 Å². The minimum atomic E-state index is -0.134. The number of benzene rings is 1. The van der Waals surface area contributed by atoms with Gasteiger partial charge in [0.2, 0.25) is 11.8 Å². The van der Waals surface area contributed by atoms with Crippen LogP contribution < -0.4 is 5.32 Å². The standard InChI is InChI=1S/C18H19N5O2S2/c1-13(24)20-14-5-3-6-15(9-14)23-12-19-21-18(23)27-11-17(25)22(2)10-16-7-4-8-26-16/h3-9,12H,10-11H2,1-2H3,(H,20,24). The quantitative estimate of drug-likeness (QED) is 0.616. The van der Waals surface area contributed by atoms with Crippen LogP contribution in [0.5, 0.6) is 0 Å². The summed E-state index contributed by atoms with van der Waals surface area (Å²) in [4.78, 5) is 26.5. The molecule has 0 fully saturated rings. The number of nitrogens with zero attached hydrogens (tertiary/aromatic N) is 4. The third-order valence-electron chi connectivity index (χ3n) is 3.68.